The Kier molecular flexibility index (Phi) is 7.72. The molecule has 0 aliphatic carbocycles. The number of aliphatic carboxylic acids is 1. The van der Waals surface area contributed by atoms with Crippen molar-refractivity contribution in [3.63, 3.8) is 0 Å². The van der Waals surface area contributed by atoms with Crippen LogP contribution in [0, 0.1) is 0 Å². The van der Waals surface area contributed by atoms with E-state index < -0.39 is 17.1 Å². The monoisotopic (exact) mass is 254 g/mol. The lowest BCUT2D eigenvalue weighted by atomic mass is 10.1. The molecular formula is C11H20F2O2S. The summed E-state index contributed by atoms with van der Waals surface area (Å²) in [6.07, 6.45) is 1.49. The van der Waals surface area contributed by atoms with Gasteiger partial charge in [-0.15, -0.1) is 11.8 Å². The molecule has 0 heterocycles. The van der Waals surface area contributed by atoms with Crippen LogP contribution < -0.4 is 0 Å². The highest BCUT2D eigenvalue weighted by Gasteiger charge is 2.25. The Hall–Kier alpha value is -0.320. The molecule has 5 heteroatoms. The second-order valence-corrected chi connectivity index (χ2v) is 5.11. The van der Waals surface area contributed by atoms with Crippen LogP contribution in [0.2, 0.25) is 0 Å². The van der Waals surface area contributed by atoms with Crippen molar-refractivity contribution in [1.82, 2.24) is 0 Å². The van der Waals surface area contributed by atoms with Crippen LogP contribution in [-0.4, -0.2) is 28.0 Å². The third-order valence-electron chi connectivity index (χ3n) is 2.35. The van der Waals surface area contributed by atoms with Gasteiger partial charge in [0.05, 0.1) is 0 Å². The summed E-state index contributed by atoms with van der Waals surface area (Å²) in [5, 5.41) is 8.40. The average Bonchev–Trinajstić information content (AvgIpc) is 2.22. The van der Waals surface area contributed by atoms with Gasteiger partial charge in [-0.3, -0.25) is 4.79 Å². The standard InChI is InChI=1S/C11H20F2O2S/c1-3-6-9(10(14)15)16-8-5-7-11(12,13)4-2/h9H,3-8H2,1-2H3,(H,14,15). The molecule has 16 heavy (non-hydrogen) atoms. The third-order valence-corrected chi connectivity index (χ3v) is 3.71. The molecular weight excluding hydrogens is 234 g/mol. The predicted molar refractivity (Wildman–Crippen MR) is 63.3 cm³/mol. The molecule has 0 aliphatic rings. The molecule has 1 atom stereocenters. The van der Waals surface area contributed by atoms with E-state index in [2.05, 4.69) is 0 Å². The third kappa shape index (κ3) is 7.04. The van der Waals surface area contributed by atoms with Gasteiger partial charge in [-0.2, -0.15) is 0 Å². The molecule has 96 valence electrons. The minimum absolute atomic E-state index is 0.144. The van der Waals surface area contributed by atoms with Crippen LogP contribution in [0.15, 0.2) is 0 Å². The Morgan fingerprint density at radius 1 is 1.44 bits per heavy atom. The first-order chi connectivity index (χ1) is 7.43. The fourth-order valence-electron chi connectivity index (χ4n) is 1.27. The lowest BCUT2D eigenvalue weighted by Crippen LogP contribution is -2.18. The van der Waals surface area contributed by atoms with Gasteiger partial charge in [-0.05, 0) is 18.6 Å². The number of hydrogen-bond donors (Lipinski definition) is 1. The van der Waals surface area contributed by atoms with Crippen LogP contribution in [-0.2, 0) is 4.79 Å². The predicted octanol–water partition coefficient (Wildman–Crippen LogP) is 3.80. The summed E-state index contributed by atoms with van der Waals surface area (Å²) in [7, 11) is 0. The Balaban J connectivity index is 3.74. The maximum Gasteiger partial charge on any atom is 0.316 e. The second kappa shape index (κ2) is 7.87. The topological polar surface area (TPSA) is 37.3 Å². The van der Waals surface area contributed by atoms with E-state index in [1.165, 1.54) is 18.7 Å². The van der Waals surface area contributed by atoms with Gasteiger partial charge in [0.15, 0.2) is 0 Å². The lowest BCUT2D eigenvalue weighted by molar-refractivity contribution is -0.136. The molecule has 0 aliphatic heterocycles. The van der Waals surface area contributed by atoms with Crippen molar-refractivity contribution in [3.8, 4) is 0 Å². The number of hydrogen-bond acceptors (Lipinski definition) is 2. The largest absolute Gasteiger partial charge is 0.480 e. The zero-order valence-corrected chi connectivity index (χ0v) is 10.7. The maximum absolute atomic E-state index is 12.9. The van der Waals surface area contributed by atoms with E-state index >= 15 is 0 Å². The molecule has 1 N–H and O–H groups in total. The molecule has 2 nitrogen and oxygen atoms in total. The minimum Gasteiger partial charge on any atom is -0.480 e. The van der Waals surface area contributed by atoms with Gasteiger partial charge >= 0.3 is 5.97 Å². The number of carboxylic acids is 1. The van der Waals surface area contributed by atoms with E-state index in [1.54, 1.807) is 0 Å². The van der Waals surface area contributed by atoms with Crippen molar-refractivity contribution in [2.45, 2.75) is 57.1 Å². The molecule has 0 aromatic carbocycles. The molecule has 0 spiro atoms. The fourth-order valence-corrected chi connectivity index (χ4v) is 2.41. The molecule has 0 fully saturated rings. The average molecular weight is 254 g/mol. The normalized spacial score (nSPS) is 13.8. The van der Waals surface area contributed by atoms with Crippen LogP contribution >= 0.6 is 11.8 Å². The fraction of sp³-hybridized carbons (Fsp3) is 0.909. The molecule has 0 rings (SSSR count). The first-order valence-electron chi connectivity index (χ1n) is 5.65. The van der Waals surface area contributed by atoms with Gasteiger partial charge < -0.3 is 5.11 Å². The summed E-state index contributed by atoms with van der Waals surface area (Å²) in [5.74, 6) is -2.94. The van der Waals surface area contributed by atoms with Crippen molar-refractivity contribution in [3.05, 3.63) is 0 Å². The van der Waals surface area contributed by atoms with Crippen molar-refractivity contribution >= 4 is 17.7 Å². The quantitative estimate of drug-likeness (QED) is 0.636. The number of thioether (sulfide) groups is 1. The zero-order chi connectivity index (χ0) is 12.6. The first kappa shape index (κ1) is 15.7. The van der Waals surface area contributed by atoms with Gasteiger partial charge in [-0.25, -0.2) is 8.78 Å². The Morgan fingerprint density at radius 3 is 2.50 bits per heavy atom. The van der Waals surface area contributed by atoms with Crippen LogP contribution in [0.25, 0.3) is 0 Å². The second-order valence-electron chi connectivity index (χ2n) is 3.80. The van der Waals surface area contributed by atoms with E-state index in [4.69, 9.17) is 5.11 Å². The van der Waals surface area contributed by atoms with Crippen molar-refractivity contribution in [1.29, 1.82) is 0 Å². The van der Waals surface area contributed by atoms with Gasteiger partial charge in [0, 0.05) is 12.8 Å². The van der Waals surface area contributed by atoms with Crippen molar-refractivity contribution in [2.75, 3.05) is 5.75 Å². The van der Waals surface area contributed by atoms with Crippen LogP contribution in [0.1, 0.15) is 46.0 Å². The minimum atomic E-state index is -2.59. The zero-order valence-electron chi connectivity index (χ0n) is 9.84. The SMILES string of the molecule is CCCC(SCCCC(F)(F)CC)C(=O)O. The summed E-state index contributed by atoms with van der Waals surface area (Å²) in [6.45, 7) is 3.38. The summed E-state index contributed by atoms with van der Waals surface area (Å²) in [5.41, 5.74) is 0. The molecule has 0 saturated heterocycles. The van der Waals surface area contributed by atoms with E-state index in [9.17, 15) is 13.6 Å². The van der Waals surface area contributed by atoms with Crippen LogP contribution in [0.5, 0.6) is 0 Å². The Labute approximate surface area is 99.8 Å². The summed E-state index contributed by atoms with van der Waals surface area (Å²) < 4.78 is 25.7. The number of rotatable bonds is 9. The lowest BCUT2D eigenvalue weighted by Gasteiger charge is -2.14. The summed E-state index contributed by atoms with van der Waals surface area (Å²) in [6, 6.07) is 0. The number of halogens is 2. The number of alkyl halides is 2. The smallest absolute Gasteiger partial charge is 0.316 e. The molecule has 0 amide bonds. The van der Waals surface area contributed by atoms with E-state index in [1.807, 2.05) is 6.92 Å². The number of carbonyl (C=O) groups is 1. The molecule has 0 aromatic rings. The van der Waals surface area contributed by atoms with E-state index in [-0.39, 0.29) is 12.8 Å². The van der Waals surface area contributed by atoms with Crippen molar-refractivity contribution in [2.24, 2.45) is 0 Å². The Bertz CT molecular complexity index is 210. The highest BCUT2D eigenvalue weighted by molar-refractivity contribution is 8.00. The van der Waals surface area contributed by atoms with Crippen molar-refractivity contribution < 1.29 is 18.7 Å². The molecule has 0 saturated carbocycles. The van der Waals surface area contributed by atoms with Gasteiger partial charge in [0.25, 0.3) is 0 Å². The first-order valence-corrected chi connectivity index (χ1v) is 6.70. The molecule has 1 unspecified atom stereocenters. The van der Waals surface area contributed by atoms with Crippen LogP contribution in [0.4, 0.5) is 8.78 Å². The molecule has 0 radical (unpaired) electrons. The maximum atomic E-state index is 12.9. The van der Waals surface area contributed by atoms with Gasteiger partial charge in [0.2, 0.25) is 5.92 Å². The van der Waals surface area contributed by atoms with Gasteiger partial charge in [0.1, 0.15) is 5.25 Å². The Morgan fingerprint density at radius 2 is 2.06 bits per heavy atom. The van der Waals surface area contributed by atoms with E-state index in [0.717, 1.165) is 6.42 Å². The number of carboxylic acid groups (broad SMARTS) is 1. The summed E-state index contributed by atoms with van der Waals surface area (Å²) in [4.78, 5) is 10.8. The molecule has 0 aromatic heterocycles. The highest BCUT2D eigenvalue weighted by atomic mass is 32.2. The van der Waals surface area contributed by atoms with Gasteiger partial charge in [-0.1, -0.05) is 20.3 Å². The van der Waals surface area contributed by atoms with E-state index in [0.29, 0.717) is 18.6 Å². The molecule has 0 bridgehead atoms. The highest BCUT2D eigenvalue weighted by Crippen LogP contribution is 2.26. The van der Waals surface area contributed by atoms with Crippen LogP contribution in [0.3, 0.4) is 0 Å². The summed E-state index contributed by atoms with van der Waals surface area (Å²) >= 11 is 1.27.